The number of hydrogen-bond donors (Lipinski definition) is 1. The van der Waals surface area contributed by atoms with Gasteiger partial charge >= 0.3 is 5.97 Å². The molecule has 19 heavy (non-hydrogen) atoms. The average molecular weight is 262 g/mol. The van der Waals surface area contributed by atoms with Crippen LogP contribution < -0.4 is 5.56 Å². The van der Waals surface area contributed by atoms with E-state index in [2.05, 4.69) is 5.10 Å². The number of carboxylic acids is 1. The maximum absolute atomic E-state index is 13.3. The smallest absolute Gasteiger partial charge is 0.335 e. The van der Waals surface area contributed by atoms with Gasteiger partial charge in [-0.2, -0.15) is 5.10 Å². The molecule has 0 unspecified atom stereocenters. The van der Waals surface area contributed by atoms with Gasteiger partial charge in [-0.3, -0.25) is 4.79 Å². The minimum atomic E-state index is -1.22. The van der Waals surface area contributed by atoms with Crippen LogP contribution in [0.2, 0.25) is 0 Å². The summed E-state index contributed by atoms with van der Waals surface area (Å²) >= 11 is 0. The second kappa shape index (κ2) is 5.01. The second-order valence-corrected chi connectivity index (χ2v) is 4.12. The molecule has 1 aromatic heterocycles. The number of aryl methyl sites for hydroxylation is 1. The van der Waals surface area contributed by atoms with Crippen LogP contribution in [0.25, 0.3) is 0 Å². The van der Waals surface area contributed by atoms with Crippen molar-refractivity contribution in [1.82, 2.24) is 9.78 Å². The van der Waals surface area contributed by atoms with Crippen molar-refractivity contribution in [3.8, 4) is 0 Å². The van der Waals surface area contributed by atoms with E-state index >= 15 is 0 Å². The minimum absolute atomic E-state index is 0.0263. The molecule has 0 aliphatic carbocycles. The molecule has 0 atom stereocenters. The molecule has 5 nitrogen and oxygen atoms in total. The van der Waals surface area contributed by atoms with E-state index in [9.17, 15) is 14.0 Å². The molecular formula is C13H11FN2O3. The van der Waals surface area contributed by atoms with Crippen LogP contribution in [0.3, 0.4) is 0 Å². The largest absolute Gasteiger partial charge is 0.478 e. The first-order valence-corrected chi connectivity index (χ1v) is 5.53. The van der Waals surface area contributed by atoms with Gasteiger partial charge in [0.05, 0.1) is 17.8 Å². The average Bonchev–Trinajstić information content (AvgIpc) is 2.33. The Labute approximate surface area is 107 Å². The van der Waals surface area contributed by atoms with Crippen molar-refractivity contribution in [2.75, 3.05) is 0 Å². The lowest BCUT2D eigenvalue weighted by molar-refractivity contribution is 0.0696. The van der Waals surface area contributed by atoms with Crippen LogP contribution in [0.1, 0.15) is 21.6 Å². The number of aromatic nitrogens is 2. The van der Waals surface area contributed by atoms with Crippen molar-refractivity contribution in [2.24, 2.45) is 0 Å². The molecule has 6 heteroatoms. The van der Waals surface area contributed by atoms with E-state index in [1.807, 2.05) is 0 Å². The van der Waals surface area contributed by atoms with Crippen LogP contribution >= 0.6 is 0 Å². The summed E-state index contributed by atoms with van der Waals surface area (Å²) in [5.74, 6) is -1.87. The van der Waals surface area contributed by atoms with Gasteiger partial charge in [0.15, 0.2) is 0 Å². The van der Waals surface area contributed by atoms with E-state index in [-0.39, 0.29) is 17.7 Å². The third-order valence-electron chi connectivity index (χ3n) is 2.54. The highest BCUT2D eigenvalue weighted by Gasteiger charge is 2.08. The number of carbonyl (C=O) groups is 1. The quantitative estimate of drug-likeness (QED) is 0.908. The molecule has 0 spiro atoms. The van der Waals surface area contributed by atoms with E-state index in [0.717, 1.165) is 10.7 Å². The maximum Gasteiger partial charge on any atom is 0.335 e. The van der Waals surface area contributed by atoms with Gasteiger partial charge in [-0.15, -0.1) is 0 Å². The number of nitrogens with zero attached hydrogens (tertiary/aromatic N) is 2. The third kappa shape index (κ3) is 3.04. The van der Waals surface area contributed by atoms with Crippen molar-refractivity contribution in [1.29, 1.82) is 0 Å². The van der Waals surface area contributed by atoms with Crippen molar-refractivity contribution >= 4 is 5.97 Å². The van der Waals surface area contributed by atoms with E-state index in [1.54, 1.807) is 13.0 Å². The molecule has 1 aromatic carbocycles. The van der Waals surface area contributed by atoms with Gasteiger partial charge in [0.25, 0.3) is 5.56 Å². The van der Waals surface area contributed by atoms with Crippen molar-refractivity contribution in [3.05, 3.63) is 63.3 Å². The lowest BCUT2D eigenvalue weighted by atomic mass is 10.1. The molecule has 1 N–H and O–H groups in total. The first kappa shape index (κ1) is 12.9. The number of hydrogen-bond acceptors (Lipinski definition) is 3. The summed E-state index contributed by atoms with van der Waals surface area (Å²) < 4.78 is 14.5. The molecule has 98 valence electrons. The Hall–Kier alpha value is -2.50. The Bertz CT molecular complexity index is 695. The number of benzene rings is 1. The molecule has 2 aromatic rings. The van der Waals surface area contributed by atoms with Gasteiger partial charge in [0.2, 0.25) is 0 Å². The lowest BCUT2D eigenvalue weighted by Crippen LogP contribution is -2.23. The van der Waals surface area contributed by atoms with Gasteiger partial charge in [-0.1, -0.05) is 0 Å². The Kier molecular flexibility index (Phi) is 3.41. The molecule has 2 rings (SSSR count). The van der Waals surface area contributed by atoms with E-state index in [0.29, 0.717) is 11.3 Å². The summed E-state index contributed by atoms with van der Waals surface area (Å²) in [6.45, 7) is 1.75. The summed E-state index contributed by atoms with van der Waals surface area (Å²) in [5, 5.41) is 12.9. The first-order chi connectivity index (χ1) is 8.95. The van der Waals surface area contributed by atoms with Gasteiger partial charge in [0.1, 0.15) is 5.82 Å². The van der Waals surface area contributed by atoms with Gasteiger partial charge in [-0.05, 0) is 36.8 Å². The van der Waals surface area contributed by atoms with E-state index in [1.165, 1.54) is 18.2 Å². The molecule has 0 amide bonds. The molecule has 0 radical (unpaired) electrons. The van der Waals surface area contributed by atoms with Crippen LogP contribution in [0.4, 0.5) is 4.39 Å². The summed E-state index contributed by atoms with van der Waals surface area (Å²) in [4.78, 5) is 22.4. The number of halogens is 1. The predicted molar refractivity (Wildman–Crippen MR) is 65.7 cm³/mol. The molecule has 0 fully saturated rings. The van der Waals surface area contributed by atoms with Crippen LogP contribution in [0.15, 0.2) is 35.1 Å². The molecule has 0 bridgehead atoms. The molecule has 0 aliphatic rings. The molecule has 0 aliphatic heterocycles. The number of rotatable bonds is 3. The summed E-state index contributed by atoms with van der Waals surface area (Å²) in [6.07, 6.45) is 0. The van der Waals surface area contributed by atoms with Crippen molar-refractivity contribution < 1.29 is 14.3 Å². The van der Waals surface area contributed by atoms with Gasteiger partial charge in [0, 0.05) is 6.07 Å². The lowest BCUT2D eigenvalue weighted by Gasteiger charge is -2.06. The zero-order valence-electron chi connectivity index (χ0n) is 10.1. The zero-order valence-corrected chi connectivity index (χ0v) is 10.1. The van der Waals surface area contributed by atoms with Crippen LogP contribution in [0, 0.1) is 12.7 Å². The van der Waals surface area contributed by atoms with Gasteiger partial charge in [-0.25, -0.2) is 13.9 Å². The zero-order chi connectivity index (χ0) is 14.0. The fourth-order valence-electron chi connectivity index (χ4n) is 1.70. The fourth-order valence-corrected chi connectivity index (χ4v) is 1.70. The van der Waals surface area contributed by atoms with Gasteiger partial charge < -0.3 is 5.11 Å². The Morgan fingerprint density at radius 3 is 2.79 bits per heavy atom. The number of aromatic carboxylic acids is 1. The molecule has 0 saturated heterocycles. The third-order valence-corrected chi connectivity index (χ3v) is 2.54. The van der Waals surface area contributed by atoms with Crippen LogP contribution in [0.5, 0.6) is 0 Å². The Morgan fingerprint density at radius 2 is 2.11 bits per heavy atom. The first-order valence-electron chi connectivity index (χ1n) is 5.53. The molecule has 1 heterocycles. The van der Waals surface area contributed by atoms with Crippen molar-refractivity contribution in [2.45, 2.75) is 13.5 Å². The molecular weight excluding hydrogens is 251 g/mol. The Morgan fingerprint density at radius 1 is 1.37 bits per heavy atom. The molecule has 0 saturated carbocycles. The summed E-state index contributed by atoms with van der Waals surface area (Å²) in [7, 11) is 0. The summed E-state index contributed by atoms with van der Waals surface area (Å²) in [6, 6.07) is 6.37. The topological polar surface area (TPSA) is 72.2 Å². The highest BCUT2D eigenvalue weighted by atomic mass is 19.1. The maximum atomic E-state index is 13.3. The standard InChI is InChI=1S/C13H11FN2O3/c1-8-2-3-12(17)16(15-8)7-9-4-10(13(18)19)6-11(14)5-9/h2-6H,7H2,1H3,(H,18,19). The SMILES string of the molecule is Cc1ccc(=O)n(Cc2cc(F)cc(C(=O)O)c2)n1. The minimum Gasteiger partial charge on any atom is -0.478 e. The summed E-state index contributed by atoms with van der Waals surface area (Å²) in [5.41, 5.74) is 0.537. The van der Waals surface area contributed by atoms with Crippen LogP contribution in [-0.4, -0.2) is 20.9 Å². The monoisotopic (exact) mass is 262 g/mol. The van der Waals surface area contributed by atoms with E-state index < -0.39 is 11.8 Å². The fraction of sp³-hybridized carbons (Fsp3) is 0.154. The Balaban J connectivity index is 2.40. The highest BCUT2D eigenvalue weighted by molar-refractivity contribution is 5.87. The normalized spacial score (nSPS) is 10.4. The van der Waals surface area contributed by atoms with E-state index in [4.69, 9.17) is 5.11 Å². The highest BCUT2D eigenvalue weighted by Crippen LogP contribution is 2.10. The predicted octanol–water partition coefficient (Wildman–Crippen LogP) is 1.44. The number of carboxylic acid groups (broad SMARTS) is 1. The van der Waals surface area contributed by atoms with Crippen molar-refractivity contribution in [3.63, 3.8) is 0 Å². The second-order valence-electron chi connectivity index (χ2n) is 4.12. The van der Waals surface area contributed by atoms with Crippen LogP contribution in [-0.2, 0) is 6.54 Å².